The quantitative estimate of drug-likeness (QED) is 0.189. The number of hydrogen-bond donors (Lipinski definition) is 5. The zero-order valence-corrected chi connectivity index (χ0v) is 16.7. The number of carbonyl (C=O) groups is 1. The number of H-pyrrole nitrogens is 1. The number of nitrogens with two attached hydrogens (primary N) is 1. The average Bonchev–Trinajstić information content (AvgIpc) is 3.45. The minimum absolute atomic E-state index is 0.00121. The minimum atomic E-state index is -4.24. The summed E-state index contributed by atoms with van der Waals surface area (Å²) in [5.74, 6) is -0.859. The van der Waals surface area contributed by atoms with Crippen LogP contribution in [0.1, 0.15) is 6.23 Å². The van der Waals surface area contributed by atoms with Crippen molar-refractivity contribution in [3.8, 4) is 0 Å². The molecule has 0 saturated carbocycles. The van der Waals surface area contributed by atoms with E-state index in [0.717, 1.165) is 10.7 Å². The highest BCUT2D eigenvalue weighted by Gasteiger charge is 2.46. The molecule has 16 heteroatoms. The van der Waals surface area contributed by atoms with Crippen molar-refractivity contribution in [1.82, 2.24) is 34.2 Å². The Morgan fingerprint density at radius 3 is 2.97 bits per heavy atom. The van der Waals surface area contributed by atoms with Crippen molar-refractivity contribution in [2.45, 2.75) is 18.4 Å². The number of nitrogen functional groups attached to an aromatic ring is 1. The van der Waals surface area contributed by atoms with Gasteiger partial charge in [0, 0.05) is 24.9 Å². The molecule has 0 aliphatic carbocycles. The number of aliphatic hydroxyl groups excluding tert-OH is 1. The molecule has 5 atom stereocenters. The van der Waals surface area contributed by atoms with Crippen LogP contribution < -0.4 is 16.6 Å². The Morgan fingerprint density at radius 1 is 1.45 bits per heavy atom. The maximum atomic E-state index is 12.4. The van der Waals surface area contributed by atoms with Crippen molar-refractivity contribution < 1.29 is 28.6 Å². The molecule has 4 heterocycles. The fourth-order valence-electron chi connectivity index (χ4n) is 3.39. The molecule has 3 aromatic rings. The number of nitrogens with one attached hydrogen (secondary N) is 2. The summed E-state index contributed by atoms with van der Waals surface area (Å²) >= 11 is 0. The number of hydrogen-bond acceptors (Lipinski definition) is 10. The smallest absolute Gasteiger partial charge is 0.388 e. The van der Waals surface area contributed by atoms with Crippen LogP contribution in [0.4, 0.5) is 5.95 Å². The van der Waals surface area contributed by atoms with Gasteiger partial charge in [-0.05, 0) is 0 Å². The van der Waals surface area contributed by atoms with E-state index >= 15 is 0 Å². The van der Waals surface area contributed by atoms with E-state index in [-0.39, 0.29) is 30.3 Å². The summed E-state index contributed by atoms with van der Waals surface area (Å²) in [5.41, 5.74) is 5.12. The number of imidazole rings is 2. The van der Waals surface area contributed by atoms with E-state index in [4.69, 9.17) is 15.0 Å². The van der Waals surface area contributed by atoms with Crippen LogP contribution in [0.3, 0.4) is 0 Å². The second-order valence-electron chi connectivity index (χ2n) is 6.75. The van der Waals surface area contributed by atoms with Gasteiger partial charge in [0.15, 0.2) is 17.4 Å². The number of fused-ring (bicyclic) bond motifs is 1. The van der Waals surface area contributed by atoms with Gasteiger partial charge < -0.3 is 25.8 Å². The van der Waals surface area contributed by atoms with Gasteiger partial charge in [-0.15, -0.1) is 0 Å². The van der Waals surface area contributed by atoms with E-state index in [9.17, 15) is 24.2 Å². The third kappa shape index (κ3) is 3.96. The molecule has 15 nitrogen and oxygen atoms in total. The Hall–Kier alpha value is -3.10. The van der Waals surface area contributed by atoms with Crippen molar-refractivity contribution in [1.29, 1.82) is 0 Å². The molecule has 1 unspecified atom stereocenters. The second-order valence-corrected chi connectivity index (χ2v) is 8.45. The number of rotatable bonds is 8. The van der Waals surface area contributed by atoms with E-state index < -0.39 is 37.7 Å². The lowest BCUT2D eigenvalue weighted by Crippen LogP contribution is -2.36. The molecule has 0 bridgehead atoms. The van der Waals surface area contributed by atoms with Crippen LogP contribution in [0.5, 0.6) is 0 Å². The molecular weight excluding hydrogens is 435 g/mol. The Kier molecular flexibility index (Phi) is 5.60. The van der Waals surface area contributed by atoms with Crippen molar-refractivity contribution in [3.05, 3.63) is 35.4 Å². The first-order valence-electron chi connectivity index (χ1n) is 9.01. The van der Waals surface area contributed by atoms with Crippen molar-refractivity contribution >= 4 is 31.3 Å². The fraction of sp³-hybridized carbons (Fsp3) is 0.400. The van der Waals surface area contributed by atoms with Gasteiger partial charge in [0.1, 0.15) is 12.4 Å². The summed E-state index contributed by atoms with van der Waals surface area (Å²) in [6, 6.07) is 0. The highest BCUT2D eigenvalue weighted by molar-refractivity contribution is 7.51. The van der Waals surface area contributed by atoms with Crippen molar-refractivity contribution in [2.24, 2.45) is 5.92 Å². The van der Waals surface area contributed by atoms with Crippen LogP contribution in [0, 0.1) is 5.92 Å². The largest absolute Gasteiger partial charge is 0.437 e. The predicted molar refractivity (Wildman–Crippen MR) is 103 cm³/mol. The molecule has 166 valence electrons. The summed E-state index contributed by atoms with van der Waals surface area (Å²) in [5, 5.41) is 13.3. The molecule has 0 spiro atoms. The summed E-state index contributed by atoms with van der Waals surface area (Å²) in [6.07, 6.45) is 2.26. The number of aromatic amines is 1. The molecule has 3 aromatic heterocycles. The van der Waals surface area contributed by atoms with Gasteiger partial charge in [-0.25, -0.2) is 18.9 Å². The van der Waals surface area contributed by atoms with Gasteiger partial charge >= 0.3 is 7.75 Å². The van der Waals surface area contributed by atoms with E-state index in [1.807, 2.05) is 0 Å². The van der Waals surface area contributed by atoms with E-state index in [2.05, 4.69) is 25.3 Å². The lowest BCUT2D eigenvalue weighted by atomic mass is 9.98. The highest BCUT2D eigenvalue weighted by atomic mass is 31.2. The van der Waals surface area contributed by atoms with Crippen LogP contribution in [0.2, 0.25) is 0 Å². The highest BCUT2D eigenvalue weighted by Crippen LogP contribution is 2.45. The van der Waals surface area contributed by atoms with E-state index in [1.54, 1.807) is 0 Å². The van der Waals surface area contributed by atoms with Crippen molar-refractivity contribution in [3.63, 3.8) is 0 Å². The molecule has 31 heavy (non-hydrogen) atoms. The third-order valence-electron chi connectivity index (χ3n) is 4.87. The Bertz CT molecular complexity index is 1180. The molecule has 1 saturated heterocycles. The van der Waals surface area contributed by atoms with Crippen LogP contribution >= 0.6 is 7.75 Å². The number of nitrogens with zero attached hydrogens (tertiary/aromatic N) is 5. The molecule has 1 amide bonds. The molecule has 1 aliphatic rings. The Labute approximate surface area is 173 Å². The molecule has 1 aliphatic heterocycles. The van der Waals surface area contributed by atoms with Gasteiger partial charge in [-0.1, -0.05) is 0 Å². The first-order chi connectivity index (χ1) is 14.8. The fourth-order valence-corrected chi connectivity index (χ4v) is 4.28. The summed E-state index contributed by atoms with van der Waals surface area (Å²) in [4.78, 5) is 46.9. The molecule has 0 aromatic carbocycles. The number of aromatic nitrogens is 6. The summed E-state index contributed by atoms with van der Waals surface area (Å²) < 4.78 is 25.7. The van der Waals surface area contributed by atoms with E-state index in [0.29, 0.717) is 6.41 Å². The SMILES string of the molecule is Nc1nc2c(ncn2[C@@H]2O[C@H](COP(=O)(O)n3ccnc3)[C@@H](CNC=O)[C@H]2O)c(=O)[nH]1. The Balaban J connectivity index is 1.60. The van der Waals surface area contributed by atoms with Crippen LogP contribution in [-0.2, 0) is 18.6 Å². The first-order valence-corrected chi connectivity index (χ1v) is 10.5. The average molecular weight is 454 g/mol. The summed E-state index contributed by atoms with van der Waals surface area (Å²) in [6.45, 7) is -0.383. The monoisotopic (exact) mass is 454 g/mol. The maximum Gasteiger partial charge on any atom is 0.437 e. The number of anilines is 1. The molecule has 6 N–H and O–H groups in total. The minimum Gasteiger partial charge on any atom is -0.388 e. The molecule has 0 radical (unpaired) electrons. The van der Waals surface area contributed by atoms with Crippen LogP contribution in [-0.4, -0.2) is 70.6 Å². The number of aliphatic hydroxyl groups is 1. The molecule has 1 fully saturated rings. The number of ether oxygens (including phenoxy) is 1. The third-order valence-corrected chi connectivity index (χ3v) is 6.18. The molecule has 4 rings (SSSR count). The van der Waals surface area contributed by atoms with Gasteiger partial charge in [-0.3, -0.25) is 23.7 Å². The number of amides is 1. The van der Waals surface area contributed by atoms with Gasteiger partial charge in [0.25, 0.3) is 5.56 Å². The number of carbonyl (C=O) groups excluding carboxylic acids is 1. The van der Waals surface area contributed by atoms with Crippen LogP contribution in [0.15, 0.2) is 29.8 Å². The standard InChI is InChI=1S/C15H19N8O7P/c16-15-20-12-10(13(26)21-15)19-6-23(12)14-11(25)8(3-18-7-24)9(30-14)4-29-31(27,28)22-2-1-17-5-22/h1-2,5-9,11,14,25H,3-4H2,(H,18,24)(H,27,28)(H3,16,20,21,26)/t8-,9-,11-,14-/m1/s1. The van der Waals surface area contributed by atoms with Gasteiger partial charge in [0.05, 0.1) is 19.0 Å². The Morgan fingerprint density at radius 2 is 2.26 bits per heavy atom. The summed E-state index contributed by atoms with van der Waals surface area (Å²) in [7, 11) is -4.24. The predicted octanol–water partition coefficient (Wildman–Crippen LogP) is -1.82. The second kappa shape index (κ2) is 8.20. The topological polar surface area (TPSA) is 212 Å². The zero-order valence-electron chi connectivity index (χ0n) is 15.8. The van der Waals surface area contributed by atoms with Gasteiger partial charge in [-0.2, -0.15) is 4.98 Å². The zero-order chi connectivity index (χ0) is 22.2. The normalized spacial score (nSPS) is 25.5. The van der Waals surface area contributed by atoms with Gasteiger partial charge in [0.2, 0.25) is 12.4 Å². The lowest BCUT2D eigenvalue weighted by Gasteiger charge is -2.21. The van der Waals surface area contributed by atoms with Crippen LogP contribution in [0.25, 0.3) is 11.2 Å². The molecular formula is C15H19N8O7P. The first kappa shape index (κ1) is 21.1. The van der Waals surface area contributed by atoms with E-state index in [1.165, 1.54) is 23.3 Å². The maximum absolute atomic E-state index is 12.4. The lowest BCUT2D eigenvalue weighted by molar-refractivity contribution is -0.109. The van der Waals surface area contributed by atoms with Crippen molar-refractivity contribution in [2.75, 3.05) is 18.9 Å².